The van der Waals surface area contributed by atoms with Gasteiger partial charge in [0, 0.05) is 16.6 Å². The molecule has 5 nitrogen and oxygen atoms in total. The Kier molecular flexibility index (Phi) is 5.32. The second-order valence-electron chi connectivity index (χ2n) is 9.75. The van der Waals surface area contributed by atoms with Crippen molar-refractivity contribution in [3.63, 3.8) is 0 Å². The van der Waals surface area contributed by atoms with Gasteiger partial charge in [0.15, 0.2) is 0 Å². The van der Waals surface area contributed by atoms with Gasteiger partial charge in [-0.1, -0.05) is 40.2 Å². The molecule has 1 aromatic carbocycles. The topological polar surface area (TPSA) is 57.7 Å². The maximum Gasteiger partial charge on any atom is 0.234 e. The number of nitrogens with zero attached hydrogens (tertiary/aromatic N) is 2. The summed E-state index contributed by atoms with van der Waals surface area (Å²) in [4.78, 5) is 43.9. The molecule has 0 spiro atoms. The van der Waals surface area contributed by atoms with Crippen molar-refractivity contribution in [1.29, 1.82) is 0 Å². The van der Waals surface area contributed by atoms with Crippen molar-refractivity contribution in [2.24, 2.45) is 23.7 Å². The number of piperidine rings is 1. The molecule has 31 heavy (non-hydrogen) atoms. The molecular formula is C25H29BrN2O3. The molecule has 6 heteroatoms. The van der Waals surface area contributed by atoms with Gasteiger partial charge < -0.3 is 4.90 Å². The Balaban J connectivity index is 1.48. The highest BCUT2D eigenvalue weighted by molar-refractivity contribution is 9.10. The highest BCUT2D eigenvalue weighted by Crippen LogP contribution is 2.54. The third-order valence-corrected chi connectivity index (χ3v) is 8.39. The fraction of sp³-hybridized carbons (Fsp3) is 0.560. The summed E-state index contributed by atoms with van der Waals surface area (Å²) in [7, 11) is 0. The molecule has 3 fully saturated rings. The summed E-state index contributed by atoms with van der Waals surface area (Å²) in [5.41, 5.74) is 0.835. The van der Waals surface area contributed by atoms with Crippen LogP contribution in [-0.4, -0.2) is 39.6 Å². The molecule has 2 bridgehead atoms. The zero-order valence-corrected chi connectivity index (χ0v) is 19.6. The van der Waals surface area contributed by atoms with E-state index in [-0.39, 0.29) is 59.9 Å². The van der Waals surface area contributed by atoms with E-state index in [0.717, 1.165) is 35.7 Å². The van der Waals surface area contributed by atoms with Crippen LogP contribution in [0.4, 0.5) is 0 Å². The predicted molar refractivity (Wildman–Crippen MR) is 121 cm³/mol. The van der Waals surface area contributed by atoms with Crippen LogP contribution in [0, 0.1) is 23.7 Å². The standard InChI is InChI=1S/C25H29BrN2O3/c1-14-5-3-6-15(2)27(14)21(29)13-20(16-7-4-8-19(26)12-16)28-24(30)22-17-9-10-18(11-17)23(22)25(28)31/h4,7-10,12,14-15,17-18,20,22-23H,3,5-6,11,13H2,1-2H3. The Labute approximate surface area is 192 Å². The second-order valence-corrected chi connectivity index (χ2v) is 10.7. The van der Waals surface area contributed by atoms with E-state index in [1.807, 2.05) is 29.2 Å². The summed E-state index contributed by atoms with van der Waals surface area (Å²) in [6.07, 6.45) is 8.39. The summed E-state index contributed by atoms with van der Waals surface area (Å²) < 4.78 is 0.878. The van der Waals surface area contributed by atoms with Crippen LogP contribution in [0.3, 0.4) is 0 Å². The number of fused-ring (bicyclic) bond motifs is 5. The molecule has 0 N–H and O–H groups in total. The largest absolute Gasteiger partial charge is 0.337 e. The Hall–Kier alpha value is -1.95. The van der Waals surface area contributed by atoms with Gasteiger partial charge in [-0.05, 0) is 69.1 Å². The summed E-state index contributed by atoms with van der Waals surface area (Å²) >= 11 is 3.52. The van der Waals surface area contributed by atoms with Crippen molar-refractivity contribution in [3.8, 4) is 0 Å². The molecule has 0 aromatic heterocycles. The van der Waals surface area contributed by atoms with E-state index in [1.54, 1.807) is 0 Å². The van der Waals surface area contributed by atoms with Crippen LogP contribution < -0.4 is 0 Å². The van der Waals surface area contributed by atoms with Gasteiger partial charge >= 0.3 is 0 Å². The fourth-order valence-electron chi connectivity index (χ4n) is 6.49. The Bertz CT molecular complexity index is 920. The molecule has 5 rings (SSSR count). The van der Waals surface area contributed by atoms with E-state index < -0.39 is 6.04 Å². The molecule has 2 aliphatic heterocycles. The quantitative estimate of drug-likeness (QED) is 0.467. The lowest BCUT2D eigenvalue weighted by Crippen LogP contribution is -2.49. The number of benzene rings is 1. The molecule has 1 saturated carbocycles. The highest BCUT2D eigenvalue weighted by atomic mass is 79.9. The van der Waals surface area contributed by atoms with Crippen LogP contribution in [-0.2, 0) is 14.4 Å². The van der Waals surface area contributed by atoms with Crippen LogP contribution in [0.15, 0.2) is 40.9 Å². The first-order valence-corrected chi connectivity index (χ1v) is 12.3. The molecule has 3 amide bonds. The number of likely N-dealkylation sites (tertiary alicyclic amines) is 2. The molecule has 4 aliphatic rings. The third kappa shape index (κ3) is 3.38. The maximum atomic E-state index is 13.5. The number of allylic oxidation sites excluding steroid dienone is 2. The average molecular weight is 485 g/mol. The van der Waals surface area contributed by atoms with Crippen molar-refractivity contribution in [2.45, 2.75) is 64.1 Å². The van der Waals surface area contributed by atoms with Crippen molar-refractivity contribution in [2.75, 3.05) is 0 Å². The number of hydrogen-bond donors (Lipinski definition) is 0. The molecular weight excluding hydrogens is 456 g/mol. The first-order valence-electron chi connectivity index (χ1n) is 11.5. The van der Waals surface area contributed by atoms with Crippen LogP contribution in [0.5, 0.6) is 0 Å². The van der Waals surface area contributed by atoms with Crippen molar-refractivity contribution < 1.29 is 14.4 Å². The number of hydrogen-bond acceptors (Lipinski definition) is 3. The van der Waals surface area contributed by atoms with E-state index in [0.29, 0.717) is 0 Å². The summed E-state index contributed by atoms with van der Waals surface area (Å²) in [5, 5.41) is 0. The molecule has 7 atom stereocenters. The van der Waals surface area contributed by atoms with E-state index in [2.05, 4.69) is 41.9 Å². The Morgan fingerprint density at radius 1 is 1.06 bits per heavy atom. The smallest absolute Gasteiger partial charge is 0.234 e. The Morgan fingerprint density at radius 3 is 2.26 bits per heavy atom. The minimum Gasteiger partial charge on any atom is -0.337 e. The van der Waals surface area contributed by atoms with Gasteiger partial charge in [0.1, 0.15) is 0 Å². The normalized spacial score (nSPS) is 35.1. The number of carbonyl (C=O) groups excluding carboxylic acids is 3. The van der Waals surface area contributed by atoms with E-state index in [4.69, 9.17) is 0 Å². The van der Waals surface area contributed by atoms with Crippen LogP contribution in [0.1, 0.15) is 57.6 Å². The Morgan fingerprint density at radius 2 is 1.68 bits per heavy atom. The molecule has 2 heterocycles. The first kappa shape index (κ1) is 20.9. The number of halogens is 1. The average Bonchev–Trinajstić information content (AvgIpc) is 3.40. The minimum absolute atomic E-state index is 0.0310. The van der Waals surface area contributed by atoms with Crippen LogP contribution in [0.2, 0.25) is 0 Å². The van der Waals surface area contributed by atoms with Gasteiger partial charge in [0.05, 0.1) is 24.3 Å². The van der Waals surface area contributed by atoms with Crippen molar-refractivity contribution in [1.82, 2.24) is 9.80 Å². The summed E-state index contributed by atoms with van der Waals surface area (Å²) in [5.74, 6) is -0.327. The van der Waals surface area contributed by atoms with Crippen LogP contribution in [0.25, 0.3) is 0 Å². The second kappa shape index (κ2) is 7.88. The van der Waals surface area contributed by atoms with Gasteiger partial charge in [-0.15, -0.1) is 0 Å². The van der Waals surface area contributed by atoms with E-state index in [1.165, 1.54) is 4.90 Å². The van der Waals surface area contributed by atoms with E-state index in [9.17, 15) is 14.4 Å². The number of imide groups is 1. The van der Waals surface area contributed by atoms with Gasteiger partial charge in [0.25, 0.3) is 0 Å². The molecule has 1 aromatic rings. The SMILES string of the molecule is CC1CCCC(C)N1C(=O)CC(c1cccc(Br)c1)N1C(=O)C2C3C=CC(C3)C2C1=O. The maximum absolute atomic E-state index is 13.5. The molecule has 0 radical (unpaired) electrons. The third-order valence-electron chi connectivity index (χ3n) is 7.90. The molecule has 164 valence electrons. The number of rotatable bonds is 4. The lowest BCUT2D eigenvalue weighted by Gasteiger charge is -2.40. The van der Waals surface area contributed by atoms with Crippen molar-refractivity contribution >= 4 is 33.7 Å². The van der Waals surface area contributed by atoms with Gasteiger partial charge in [0.2, 0.25) is 17.7 Å². The van der Waals surface area contributed by atoms with Gasteiger partial charge in [-0.3, -0.25) is 19.3 Å². The van der Waals surface area contributed by atoms with Crippen LogP contribution >= 0.6 is 15.9 Å². The molecule has 2 saturated heterocycles. The van der Waals surface area contributed by atoms with Gasteiger partial charge in [-0.25, -0.2) is 0 Å². The lowest BCUT2D eigenvalue weighted by atomic mass is 9.85. The molecule has 7 unspecified atom stereocenters. The fourth-order valence-corrected chi connectivity index (χ4v) is 6.91. The van der Waals surface area contributed by atoms with E-state index >= 15 is 0 Å². The number of carbonyl (C=O) groups is 3. The number of amides is 3. The zero-order chi connectivity index (χ0) is 21.9. The zero-order valence-electron chi connectivity index (χ0n) is 18.0. The van der Waals surface area contributed by atoms with Gasteiger partial charge in [-0.2, -0.15) is 0 Å². The highest BCUT2D eigenvalue weighted by Gasteiger charge is 2.60. The lowest BCUT2D eigenvalue weighted by molar-refractivity contribution is -0.146. The monoisotopic (exact) mass is 484 g/mol. The predicted octanol–water partition coefficient (Wildman–Crippen LogP) is 4.48. The summed E-state index contributed by atoms with van der Waals surface area (Å²) in [6, 6.07) is 7.49. The van der Waals surface area contributed by atoms with Crippen molar-refractivity contribution in [3.05, 3.63) is 46.5 Å². The summed E-state index contributed by atoms with van der Waals surface area (Å²) in [6.45, 7) is 4.20. The molecule has 2 aliphatic carbocycles. The minimum atomic E-state index is -0.559. The first-order chi connectivity index (χ1) is 14.9.